The summed E-state index contributed by atoms with van der Waals surface area (Å²) in [6, 6.07) is 11.8. The van der Waals surface area contributed by atoms with E-state index in [1.807, 2.05) is 51.1 Å². The van der Waals surface area contributed by atoms with Crippen LogP contribution in [0.25, 0.3) is 0 Å². The van der Waals surface area contributed by atoms with E-state index in [0.717, 1.165) is 5.56 Å². The highest BCUT2D eigenvalue weighted by Crippen LogP contribution is 2.45. The van der Waals surface area contributed by atoms with E-state index in [-0.39, 0.29) is 30.4 Å². The van der Waals surface area contributed by atoms with Crippen LogP contribution in [0.15, 0.2) is 48.7 Å². The van der Waals surface area contributed by atoms with Gasteiger partial charge in [-0.1, -0.05) is 36.3 Å². The summed E-state index contributed by atoms with van der Waals surface area (Å²) in [6.45, 7) is 5.46. The third-order valence-corrected chi connectivity index (χ3v) is 4.95. The first-order valence-electron chi connectivity index (χ1n) is 9.77. The van der Waals surface area contributed by atoms with E-state index in [4.69, 9.17) is 4.74 Å². The van der Waals surface area contributed by atoms with Gasteiger partial charge in [-0.15, -0.1) is 0 Å². The minimum absolute atomic E-state index is 0.0727. The van der Waals surface area contributed by atoms with E-state index in [2.05, 4.69) is 16.8 Å². The molecule has 1 fully saturated rings. The van der Waals surface area contributed by atoms with E-state index < -0.39 is 23.0 Å². The van der Waals surface area contributed by atoms with Gasteiger partial charge in [-0.2, -0.15) is 0 Å². The van der Waals surface area contributed by atoms with Crippen LogP contribution in [0.4, 0.5) is 8.78 Å². The van der Waals surface area contributed by atoms with Gasteiger partial charge in [0.25, 0.3) is 0 Å². The van der Waals surface area contributed by atoms with Gasteiger partial charge in [-0.3, -0.25) is 4.79 Å². The highest BCUT2D eigenvalue weighted by molar-refractivity contribution is 5.74. The first-order chi connectivity index (χ1) is 13.7. The van der Waals surface area contributed by atoms with Crippen molar-refractivity contribution in [3.05, 3.63) is 65.7 Å². The predicted octanol–water partition coefficient (Wildman–Crippen LogP) is 5.21. The first-order valence-corrected chi connectivity index (χ1v) is 9.77. The topological polar surface area (TPSA) is 39.2 Å². The van der Waals surface area contributed by atoms with Crippen molar-refractivity contribution < 1.29 is 18.3 Å². The van der Waals surface area contributed by atoms with Crippen molar-refractivity contribution >= 4 is 5.97 Å². The number of alkyl halides is 1. The molecule has 1 aliphatic carbocycles. The number of carbonyl (C=O) groups excluding carboxylic acids is 1. The molecule has 0 amide bonds. The maximum absolute atomic E-state index is 15.6. The van der Waals surface area contributed by atoms with Crippen molar-refractivity contribution in [2.45, 2.75) is 57.2 Å². The van der Waals surface area contributed by atoms with Crippen LogP contribution >= 0.6 is 0 Å². The number of rotatable bonds is 2. The zero-order valence-electron chi connectivity index (χ0n) is 16.9. The lowest BCUT2D eigenvalue weighted by Crippen LogP contribution is -2.39. The molecule has 0 spiro atoms. The molecule has 0 N–H and O–H groups in total. The Balaban J connectivity index is 1.87. The number of benzene rings is 1. The normalized spacial score (nSPS) is 24.3. The molecule has 2 aromatic rings. The second-order valence-electron chi connectivity index (χ2n) is 8.47. The molecule has 1 aromatic carbocycles. The minimum Gasteiger partial charge on any atom is -0.460 e. The van der Waals surface area contributed by atoms with Crippen molar-refractivity contribution in [3.63, 3.8) is 0 Å². The maximum Gasteiger partial charge on any atom is 0.310 e. The molecule has 0 unspecified atom stereocenters. The van der Waals surface area contributed by atoms with Crippen LogP contribution in [0, 0.1) is 23.6 Å². The van der Waals surface area contributed by atoms with Gasteiger partial charge in [-0.05, 0) is 51.2 Å². The molecular formula is C24H25F2NO2. The van der Waals surface area contributed by atoms with Gasteiger partial charge in [0.05, 0.1) is 5.92 Å². The Kier molecular flexibility index (Phi) is 6.02. The Labute approximate surface area is 170 Å². The largest absolute Gasteiger partial charge is 0.460 e. The van der Waals surface area contributed by atoms with Crippen LogP contribution in [-0.4, -0.2) is 22.2 Å². The summed E-state index contributed by atoms with van der Waals surface area (Å²) >= 11 is 0. The molecule has 1 aliphatic rings. The third-order valence-electron chi connectivity index (χ3n) is 4.95. The molecule has 0 radical (unpaired) electrons. The molecule has 0 saturated heterocycles. The van der Waals surface area contributed by atoms with Crippen molar-refractivity contribution in [1.29, 1.82) is 0 Å². The Morgan fingerprint density at radius 3 is 2.62 bits per heavy atom. The van der Waals surface area contributed by atoms with Crippen LogP contribution in [0.1, 0.15) is 57.2 Å². The molecule has 152 valence electrons. The Morgan fingerprint density at radius 2 is 1.97 bits per heavy atom. The van der Waals surface area contributed by atoms with Gasteiger partial charge in [0.15, 0.2) is 5.67 Å². The zero-order valence-corrected chi connectivity index (χ0v) is 16.9. The quantitative estimate of drug-likeness (QED) is 0.516. The van der Waals surface area contributed by atoms with Crippen LogP contribution in [0.2, 0.25) is 0 Å². The summed E-state index contributed by atoms with van der Waals surface area (Å²) in [7, 11) is 0. The summed E-state index contributed by atoms with van der Waals surface area (Å²) in [5.41, 5.74) is -1.32. The number of hydrogen-bond donors (Lipinski definition) is 0. The van der Waals surface area contributed by atoms with E-state index >= 15 is 4.39 Å². The van der Waals surface area contributed by atoms with Crippen molar-refractivity contribution in [1.82, 2.24) is 4.98 Å². The van der Waals surface area contributed by atoms with Crippen LogP contribution in [0.5, 0.6) is 0 Å². The summed E-state index contributed by atoms with van der Waals surface area (Å²) in [5, 5.41) is 0. The lowest BCUT2D eigenvalue weighted by atomic mass is 9.70. The Hall–Kier alpha value is -2.74. The lowest BCUT2D eigenvalue weighted by Gasteiger charge is -2.37. The van der Waals surface area contributed by atoms with Gasteiger partial charge >= 0.3 is 5.97 Å². The fraction of sp³-hybridized carbons (Fsp3) is 0.417. The fourth-order valence-corrected chi connectivity index (χ4v) is 3.65. The molecule has 5 heteroatoms. The number of ether oxygens (including phenoxy) is 1. The summed E-state index contributed by atoms with van der Waals surface area (Å²) in [4.78, 5) is 16.8. The number of halogens is 2. The molecular weight excluding hydrogens is 372 g/mol. The molecule has 0 aliphatic heterocycles. The zero-order chi connectivity index (χ0) is 21.1. The van der Waals surface area contributed by atoms with E-state index in [9.17, 15) is 9.18 Å². The molecule has 29 heavy (non-hydrogen) atoms. The Bertz CT molecular complexity index is 927. The SMILES string of the molecule is CC(C)(C)OC(=O)[C@@H]1CC[C@](F)(C#Cc2cc(F)ccn2)C[C@H]1c1ccccc1. The van der Waals surface area contributed by atoms with E-state index in [1.165, 1.54) is 18.3 Å². The van der Waals surface area contributed by atoms with E-state index in [0.29, 0.717) is 6.42 Å². The highest BCUT2D eigenvalue weighted by Gasteiger charge is 2.45. The Morgan fingerprint density at radius 1 is 1.24 bits per heavy atom. The van der Waals surface area contributed by atoms with Gasteiger partial charge in [0, 0.05) is 24.6 Å². The van der Waals surface area contributed by atoms with Crippen LogP contribution < -0.4 is 0 Å². The summed E-state index contributed by atoms with van der Waals surface area (Å²) in [6.07, 6.45) is 1.82. The summed E-state index contributed by atoms with van der Waals surface area (Å²) < 4.78 is 34.5. The molecule has 1 aromatic heterocycles. The van der Waals surface area contributed by atoms with Crippen molar-refractivity contribution in [3.8, 4) is 11.8 Å². The van der Waals surface area contributed by atoms with Gasteiger partial charge in [0.2, 0.25) is 0 Å². The fourth-order valence-electron chi connectivity index (χ4n) is 3.65. The molecule has 1 heterocycles. The van der Waals surface area contributed by atoms with Gasteiger partial charge in [-0.25, -0.2) is 13.8 Å². The predicted molar refractivity (Wildman–Crippen MR) is 107 cm³/mol. The third kappa shape index (κ3) is 5.63. The van der Waals surface area contributed by atoms with Crippen molar-refractivity contribution in [2.24, 2.45) is 5.92 Å². The number of carbonyl (C=O) groups is 1. The average molecular weight is 397 g/mol. The number of hydrogen-bond acceptors (Lipinski definition) is 3. The first kappa shape index (κ1) is 21.0. The highest BCUT2D eigenvalue weighted by atomic mass is 19.1. The molecule has 3 rings (SSSR count). The van der Waals surface area contributed by atoms with E-state index in [1.54, 1.807) is 0 Å². The second kappa shape index (κ2) is 8.32. The van der Waals surface area contributed by atoms with Crippen LogP contribution in [-0.2, 0) is 9.53 Å². The standard InChI is InChI=1S/C24H25F2NO2/c1-23(2,3)29-22(28)20-10-13-24(26,12-9-19-15-18(25)11-14-27-19)16-21(20)17-7-5-4-6-8-17/h4-8,11,14-15,20-21H,10,13,16H2,1-3H3/t20-,21+,24-/m1/s1. The smallest absolute Gasteiger partial charge is 0.310 e. The monoisotopic (exact) mass is 397 g/mol. The number of pyridine rings is 1. The maximum atomic E-state index is 15.6. The second-order valence-corrected chi connectivity index (χ2v) is 8.47. The number of nitrogens with zero attached hydrogens (tertiary/aromatic N) is 1. The molecule has 0 bridgehead atoms. The lowest BCUT2D eigenvalue weighted by molar-refractivity contribution is -0.162. The molecule has 3 atom stereocenters. The van der Waals surface area contributed by atoms with Crippen LogP contribution in [0.3, 0.4) is 0 Å². The summed E-state index contributed by atoms with van der Waals surface area (Å²) in [5.74, 6) is 3.75. The number of aromatic nitrogens is 1. The van der Waals surface area contributed by atoms with Crippen molar-refractivity contribution in [2.75, 3.05) is 0 Å². The molecule has 3 nitrogen and oxygen atoms in total. The van der Waals surface area contributed by atoms with Gasteiger partial charge < -0.3 is 4.74 Å². The minimum atomic E-state index is -1.78. The number of esters is 1. The molecule has 1 saturated carbocycles. The van der Waals surface area contributed by atoms with Gasteiger partial charge in [0.1, 0.15) is 17.1 Å². The average Bonchev–Trinajstić information content (AvgIpc) is 2.66.